The maximum atomic E-state index is 12.9. The van der Waals surface area contributed by atoms with E-state index in [2.05, 4.69) is 9.44 Å². The smallest absolute Gasteiger partial charge is 0.262 e. The van der Waals surface area contributed by atoms with Crippen LogP contribution in [0.15, 0.2) is 82.6 Å². The van der Waals surface area contributed by atoms with Gasteiger partial charge >= 0.3 is 0 Å². The molecule has 9 heteroatoms. The summed E-state index contributed by atoms with van der Waals surface area (Å²) in [5, 5.41) is 0. The lowest BCUT2D eigenvalue weighted by atomic mass is 9.98. The van der Waals surface area contributed by atoms with Gasteiger partial charge in [0.2, 0.25) is 0 Å². The third-order valence-electron chi connectivity index (χ3n) is 5.11. The van der Waals surface area contributed by atoms with Crippen molar-refractivity contribution in [1.82, 2.24) is 0 Å². The van der Waals surface area contributed by atoms with Gasteiger partial charge in [-0.1, -0.05) is 42.5 Å². The lowest BCUT2D eigenvalue weighted by Crippen LogP contribution is -2.18. The molecule has 0 amide bonds. The third kappa shape index (κ3) is 4.63. The van der Waals surface area contributed by atoms with Gasteiger partial charge in [0.05, 0.1) is 28.3 Å². The van der Waals surface area contributed by atoms with E-state index in [0.717, 1.165) is 11.1 Å². The second-order valence-electron chi connectivity index (χ2n) is 7.25. The van der Waals surface area contributed by atoms with Gasteiger partial charge in [0.1, 0.15) is 5.75 Å². The molecular weight excluding hydrogens is 448 g/mol. The fraction of sp³-hybridized carbons (Fsp3) is 0.130. The van der Waals surface area contributed by atoms with Gasteiger partial charge in [-0.05, 0) is 60.4 Å². The predicted octanol–water partition coefficient (Wildman–Crippen LogP) is 4.23. The Morgan fingerprint density at radius 1 is 0.781 bits per heavy atom. The van der Waals surface area contributed by atoms with Gasteiger partial charge in [-0.2, -0.15) is 0 Å². The average molecular weight is 471 g/mol. The van der Waals surface area contributed by atoms with Crippen molar-refractivity contribution in [1.29, 1.82) is 0 Å². The Balaban J connectivity index is 1.59. The van der Waals surface area contributed by atoms with Crippen LogP contribution in [0.1, 0.15) is 17.5 Å². The number of sulfonamides is 2. The molecule has 0 aromatic heterocycles. The fourth-order valence-electron chi connectivity index (χ4n) is 3.50. The van der Waals surface area contributed by atoms with E-state index in [-0.39, 0.29) is 21.2 Å². The number of rotatable bonds is 7. The number of methoxy groups -OCH3 is 1. The molecule has 0 unspecified atom stereocenters. The monoisotopic (exact) mass is 470 g/mol. The molecule has 0 saturated heterocycles. The Morgan fingerprint density at radius 2 is 1.53 bits per heavy atom. The average Bonchev–Trinajstić information content (AvgIpc) is 2.79. The van der Waals surface area contributed by atoms with E-state index in [4.69, 9.17) is 4.74 Å². The lowest BCUT2D eigenvalue weighted by Gasteiger charge is -2.18. The zero-order valence-corrected chi connectivity index (χ0v) is 18.9. The van der Waals surface area contributed by atoms with Gasteiger partial charge in [0.25, 0.3) is 20.0 Å². The number of hydrogen-bond acceptors (Lipinski definition) is 5. The van der Waals surface area contributed by atoms with Crippen molar-refractivity contribution in [2.75, 3.05) is 16.6 Å². The molecule has 0 radical (unpaired) electrons. The van der Waals surface area contributed by atoms with Gasteiger partial charge in [0.15, 0.2) is 0 Å². The number of ether oxygens (including phenoxy) is 1. The molecule has 3 aromatic rings. The molecule has 32 heavy (non-hydrogen) atoms. The van der Waals surface area contributed by atoms with Gasteiger partial charge in [-0.15, -0.1) is 0 Å². The molecule has 0 saturated carbocycles. The molecule has 0 fully saturated rings. The van der Waals surface area contributed by atoms with Gasteiger partial charge in [-0.25, -0.2) is 16.8 Å². The number of fused-ring (bicyclic) bond motifs is 1. The number of anilines is 2. The second-order valence-corrected chi connectivity index (χ2v) is 10.7. The standard InChI is InChI=1S/C23H22N2O5S2/c1-30-23-12-5-4-11-22(23)25-32(28,29)20-10-6-9-19(16-20)24-31(26,27)21-14-13-17-7-2-3-8-18(17)15-21/h2-12,15-16,24-25H,13-14H2,1H3. The van der Waals surface area contributed by atoms with Gasteiger partial charge in [0, 0.05) is 0 Å². The molecule has 166 valence electrons. The van der Waals surface area contributed by atoms with Gasteiger partial charge in [-0.3, -0.25) is 9.44 Å². The van der Waals surface area contributed by atoms with Crippen LogP contribution in [0.3, 0.4) is 0 Å². The highest BCUT2D eigenvalue weighted by Gasteiger charge is 2.23. The van der Waals surface area contributed by atoms with Crippen molar-refractivity contribution in [2.24, 2.45) is 0 Å². The van der Waals surface area contributed by atoms with Crippen molar-refractivity contribution in [3.63, 3.8) is 0 Å². The van der Waals surface area contributed by atoms with Crippen LogP contribution in [-0.4, -0.2) is 23.9 Å². The number of nitrogens with one attached hydrogen (secondary N) is 2. The molecule has 0 heterocycles. The van der Waals surface area contributed by atoms with Crippen LogP contribution in [0.2, 0.25) is 0 Å². The van der Waals surface area contributed by atoms with E-state index >= 15 is 0 Å². The molecule has 0 aliphatic heterocycles. The summed E-state index contributed by atoms with van der Waals surface area (Å²) < 4.78 is 61.8. The minimum atomic E-state index is -3.97. The van der Waals surface area contributed by atoms with Crippen LogP contribution in [-0.2, 0) is 26.5 Å². The molecule has 1 aliphatic carbocycles. The second kappa shape index (κ2) is 8.68. The van der Waals surface area contributed by atoms with Crippen LogP contribution >= 0.6 is 0 Å². The fourth-order valence-corrected chi connectivity index (χ4v) is 5.84. The van der Waals surface area contributed by atoms with Crippen molar-refractivity contribution in [3.8, 4) is 5.75 Å². The van der Waals surface area contributed by atoms with Crippen molar-refractivity contribution >= 4 is 37.5 Å². The largest absolute Gasteiger partial charge is 0.495 e. The van der Waals surface area contributed by atoms with Crippen LogP contribution in [0, 0.1) is 0 Å². The molecular formula is C23H22N2O5S2. The summed E-state index contributed by atoms with van der Waals surface area (Å²) in [7, 11) is -6.36. The zero-order chi connectivity index (χ0) is 22.8. The van der Waals surface area contributed by atoms with Crippen LogP contribution in [0.25, 0.3) is 6.08 Å². The molecule has 2 N–H and O–H groups in total. The normalized spacial score (nSPS) is 13.6. The summed E-state index contributed by atoms with van der Waals surface area (Å²) >= 11 is 0. The first kappa shape index (κ1) is 21.9. The van der Waals surface area contributed by atoms with E-state index in [9.17, 15) is 16.8 Å². The number of benzene rings is 3. The summed E-state index contributed by atoms with van der Waals surface area (Å²) in [5.74, 6) is 0.373. The first-order valence-corrected chi connectivity index (χ1v) is 12.8. The third-order valence-corrected chi connectivity index (χ3v) is 7.99. The molecule has 0 atom stereocenters. The highest BCUT2D eigenvalue weighted by molar-refractivity contribution is 7.96. The van der Waals surface area contributed by atoms with Crippen molar-refractivity contribution < 1.29 is 21.6 Å². The van der Waals surface area contributed by atoms with Crippen LogP contribution in [0.4, 0.5) is 11.4 Å². The number of aryl methyl sites for hydroxylation is 1. The minimum absolute atomic E-state index is 0.0772. The highest BCUT2D eigenvalue weighted by Crippen LogP contribution is 2.30. The Labute approximate surface area is 187 Å². The lowest BCUT2D eigenvalue weighted by molar-refractivity contribution is 0.417. The first-order valence-electron chi connectivity index (χ1n) is 9.86. The minimum Gasteiger partial charge on any atom is -0.495 e. The SMILES string of the molecule is COc1ccccc1NS(=O)(=O)c1cccc(NS(=O)(=O)C2=Cc3ccccc3CC2)c1. The molecule has 0 bridgehead atoms. The molecule has 1 aliphatic rings. The van der Waals surface area contributed by atoms with Crippen LogP contribution < -0.4 is 14.2 Å². The number of hydrogen-bond donors (Lipinski definition) is 2. The zero-order valence-electron chi connectivity index (χ0n) is 17.3. The molecule has 0 spiro atoms. The molecule has 7 nitrogen and oxygen atoms in total. The Bertz CT molecular complexity index is 1400. The summed E-state index contributed by atoms with van der Waals surface area (Å²) in [6.45, 7) is 0. The molecule has 3 aromatic carbocycles. The predicted molar refractivity (Wildman–Crippen MR) is 126 cm³/mol. The molecule has 4 rings (SSSR count). The Hall–Kier alpha value is -3.30. The van der Waals surface area contributed by atoms with Crippen molar-refractivity contribution in [2.45, 2.75) is 17.7 Å². The number of allylic oxidation sites excluding steroid dienone is 1. The van der Waals surface area contributed by atoms with E-state index in [1.807, 2.05) is 24.3 Å². The highest BCUT2D eigenvalue weighted by atomic mass is 32.2. The van der Waals surface area contributed by atoms with E-state index in [0.29, 0.717) is 18.6 Å². The summed E-state index contributed by atoms with van der Waals surface area (Å²) in [6, 6.07) is 19.9. The first-order chi connectivity index (χ1) is 15.3. The van der Waals surface area contributed by atoms with E-state index in [1.165, 1.54) is 31.4 Å². The summed E-state index contributed by atoms with van der Waals surface area (Å²) in [5.41, 5.74) is 2.41. The topological polar surface area (TPSA) is 102 Å². The van der Waals surface area contributed by atoms with Crippen molar-refractivity contribution in [3.05, 3.63) is 88.8 Å². The Kier molecular flexibility index (Phi) is 5.94. The Morgan fingerprint density at radius 3 is 2.34 bits per heavy atom. The quantitative estimate of drug-likeness (QED) is 0.538. The van der Waals surface area contributed by atoms with E-state index in [1.54, 1.807) is 30.3 Å². The van der Waals surface area contributed by atoms with E-state index < -0.39 is 20.0 Å². The summed E-state index contributed by atoms with van der Waals surface area (Å²) in [6.07, 6.45) is 2.66. The number of para-hydroxylation sites is 2. The maximum absolute atomic E-state index is 12.9. The van der Waals surface area contributed by atoms with Gasteiger partial charge < -0.3 is 4.74 Å². The maximum Gasteiger partial charge on any atom is 0.262 e. The van der Waals surface area contributed by atoms with Crippen LogP contribution in [0.5, 0.6) is 5.75 Å². The summed E-state index contributed by atoms with van der Waals surface area (Å²) in [4.78, 5) is 0.184.